The van der Waals surface area contributed by atoms with Crippen LogP contribution < -0.4 is 5.73 Å². The highest BCUT2D eigenvalue weighted by Gasteiger charge is 2.28. The summed E-state index contributed by atoms with van der Waals surface area (Å²) in [5.41, 5.74) is 11.0. The second-order valence-corrected chi connectivity index (χ2v) is 6.96. The molecule has 0 atom stereocenters. The van der Waals surface area contributed by atoms with Gasteiger partial charge in [0.2, 0.25) is 5.91 Å². The van der Waals surface area contributed by atoms with Gasteiger partial charge in [0.15, 0.2) is 0 Å². The molecule has 1 heterocycles. The fourth-order valence-corrected chi connectivity index (χ4v) is 3.78. The summed E-state index contributed by atoms with van der Waals surface area (Å²) in [5.74, 6) is -0.976. The summed E-state index contributed by atoms with van der Waals surface area (Å²) in [6, 6.07) is 18.1. The summed E-state index contributed by atoms with van der Waals surface area (Å²) in [6.07, 6.45) is 0. The number of fused-ring (bicyclic) bond motifs is 1. The van der Waals surface area contributed by atoms with E-state index in [1.165, 1.54) is 11.0 Å². The van der Waals surface area contributed by atoms with Crippen molar-refractivity contribution in [2.24, 2.45) is 5.73 Å². The van der Waals surface area contributed by atoms with Gasteiger partial charge < -0.3 is 10.6 Å². The summed E-state index contributed by atoms with van der Waals surface area (Å²) in [5, 5.41) is 0. The van der Waals surface area contributed by atoms with Crippen LogP contribution in [0.2, 0.25) is 0 Å². The molecule has 0 radical (unpaired) electrons. The van der Waals surface area contributed by atoms with Crippen LogP contribution in [-0.2, 0) is 11.3 Å². The first kappa shape index (κ1) is 17.9. The van der Waals surface area contributed by atoms with Gasteiger partial charge in [0.25, 0.3) is 5.91 Å². The molecule has 0 aliphatic carbocycles. The van der Waals surface area contributed by atoms with Crippen LogP contribution in [0.1, 0.15) is 21.5 Å². The van der Waals surface area contributed by atoms with E-state index in [9.17, 15) is 14.0 Å². The Kier molecular flexibility index (Phi) is 4.43. The molecule has 1 aliphatic rings. The maximum absolute atomic E-state index is 14.3. The standard InChI is InChI=1S/C23H19FN2O2/c1-14-17(6-4-7-18(14)20-5-2-3-8-21(20)24)15-9-10-19-16(11-15)12-26(23(19)28)13-22(25)27/h2-11H,12-13H2,1H3,(H2,25,27). The van der Waals surface area contributed by atoms with Crippen LogP contribution in [0.3, 0.4) is 0 Å². The predicted molar refractivity (Wildman–Crippen MR) is 106 cm³/mol. The molecule has 0 aromatic heterocycles. The zero-order valence-corrected chi connectivity index (χ0v) is 15.4. The Morgan fingerprint density at radius 1 is 1.00 bits per heavy atom. The van der Waals surface area contributed by atoms with Crippen LogP contribution >= 0.6 is 0 Å². The highest BCUT2D eigenvalue weighted by molar-refractivity contribution is 6.00. The lowest BCUT2D eigenvalue weighted by Gasteiger charge is -2.13. The third kappa shape index (κ3) is 3.05. The van der Waals surface area contributed by atoms with Crippen molar-refractivity contribution in [2.75, 3.05) is 6.54 Å². The van der Waals surface area contributed by atoms with Crippen molar-refractivity contribution in [1.29, 1.82) is 0 Å². The third-order valence-electron chi connectivity index (χ3n) is 5.14. The molecule has 2 amide bonds. The Bertz CT molecular complexity index is 1110. The highest BCUT2D eigenvalue weighted by Crippen LogP contribution is 2.35. The second-order valence-electron chi connectivity index (χ2n) is 6.96. The SMILES string of the molecule is Cc1c(-c2ccc3c(c2)CN(CC(N)=O)C3=O)cccc1-c1ccccc1F. The van der Waals surface area contributed by atoms with E-state index in [1.54, 1.807) is 18.2 Å². The van der Waals surface area contributed by atoms with Gasteiger partial charge in [0, 0.05) is 17.7 Å². The lowest BCUT2D eigenvalue weighted by Crippen LogP contribution is -2.33. The molecule has 0 bridgehead atoms. The number of nitrogens with two attached hydrogens (primary N) is 1. The summed E-state index contributed by atoms with van der Waals surface area (Å²) >= 11 is 0. The topological polar surface area (TPSA) is 63.4 Å². The van der Waals surface area contributed by atoms with E-state index in [2.05, 4.69) is 0 Å². The van der Waals surface area contributed by atoms with E-state index in [1.807, 2.05) is 43.3 Å². The predicted octanol–water partition coefficient (Wildman–Crippen LogP) is 3.91. The largest absolute Gasteiger partial charge is 0.368 e. The first-order chi connectivity index (χ1) is 13.5. The average molecular weight is 374 g/mol. The first-order valence-corrected chi connectivity index (χ1v) is 9.01. The lowest BCUT2D eigenvalue weighted by molar-refractivity contribution is -0.118. The van der Waals surface area contributed by atoms with Crippen LogP contribution in [0.25, 0.3) is 22.3 Å². The maximum atomic E-state index is 14.3. The van der Waals surface area contributed by atoms with E-state index < -0.39 is 5.91 Å². The van der Waals surface area contributed by atoms with E-state index >= 15 is 0 Å². The van der Waals surface area contributed by atoms with Crippen molar-refractivity contribution in [3.05, 3.63) is 83.2 Å². The molecular weight excluding hydrogens is 355 g/mol. The van der Waals surface area contributed by atoms with Gasteiger partial charge in [-0.05, 0) is 52.9 Å². The molecule has 4 rings (SSSR count). The van der Waals surface area contributed by atoms with Crippen molar-refractivity contribution < 1.29 is 14.0 Å². The number of primary amides is 1. The number of hydrogen-bond acceptors (Lipinski definition) is 2. The quantitative estimate of drug-likeness (QED) is 0.753. The average Bonchev–Trinajstić information content (AvgIpc) is 2.97. The number of amides is 2. The lowest BCUT2D eigenvalue weighted by atomic mass is 9.91. The summed E-state index contributed by atoms with van der Waals surface area (Å²) in [7, 11) is 0. The zero-order chi connectivity index (χ0) is 19.8. The van der Waals surface area contributed by atoms with E-state index in [4.69, 9.17) is 5.73 Å². The van der Waals surface area contributed by atoms with E-state index in [-0.39, 0.29) is 18.3 Å². The number of rotatable bonds is 4. The first-order valence-electron chi connectivity index (χ1n) is 9.01. The van der Waals surface area contributed by atoms with Crippen molar-refractivity contribution >= 4 is 11.8 Å². The van der Waals surface area contributed by atoms with Crippen LogP contribution in [-0.4, -0.2) is 23.3 Å². The third-order valence-corrected chi connectivity index (χ3v) is 5.14. The van der Waals surface area contributed by atoms with Crippen LogP contribution in [0.4, 0.5) is 4.39 Å². The Morgan fingerprint density at radius 2 is 1.71 bits per heavy atom. The zero-order valence-electron chi connectivity index (χ0n) is 15.4. The highest BCUT2D eigenvalue weighted by atomic mass is 19.1. The number of carbonyl (C=O) groups is 2. The Morgan fingerprint density at radius 3 is 2.46 bits per heavy atom. The fraction of sp³-hybridized carbons (Fsp3) is 0.130. The molecule has 140 valence electrons. The monoisotopic (exact) mass is 374 g/mol. The normalized spacial score (nSPS) is 12.9. The number of halogens is 1. The molecule has 0 saturated heterocycles. The van der Waals surface area contributed by atoms with Crippen LogP contribution in [0.15, 0.2) is 60.7 Å². The fourth-order valence-electron chi connectivity index (χ4n) is 3.78. The van der Waals surface area contributed by atoms with Gasteiger partial charge in [0.1, 0.15) is 5.82 Å². The smallest absolute Gasteiger partial charge is 0.254 e. The van der Waals surface area contributed by atoms with Gasteiger partial charge in [-0.15, -0.1) is 0 Å². The van der Waals surface area contributed by atoms with Gasteiger partial charge in [-0.1, -0.05) is 42.5 Å². The molecule has 0 spiro atoms. The number of hydrogen-bond donors (Lipinski definition) is 1. The van der Waals surface area contributed by atoms with Gasteiger partial charge in [0.05, 0.1) is 6.54 Å². The van der Waals surface area contributed by atoms with Crippen molar-refractivity contribution in [3.8, 4) is 22.3 Å². The summed E-state index contributed by atoms with van der Waals surface area (Å²) in [6.45, 7) is 2.23. The summed E-state index contributed by atoms with van der Waals surface area (Å²) in [4.78, 5) is 25.0. The van der Waals surface area contributed by atoms with Crippen molar-refractivity contribution in [2.45, 2.75) is 13.5 Å². The molecular formula is C23H19FN2O2. The second kappa shape index (κ2) is 6.93. The minimum atomic E-state index is -0.533. The van der Waals surface area contributed by atoms with E-state index in [0.29, 0.717) is 17.7 Å². The molecule has 4 nitrogen and oxygen atoms in total. The molecule has 0 unspecified atom stereocenters. The Balaban J connectivity index is 1.75. The van der Waals surface area contributed by atoms with Crippen molar-refractivity contribution in [1.82, 2.24) is 4.90 Å². The molecule has 0 saturated carbocycles. The van der Waals surface area contributed by atoms with Crippen LogP contribution in [0.5, 0.6) is 0 Å². The summed E-state index contributed by atoms with van der Waals surface area (Å²) < 4.78 is 14.3. The Hall–Kier alpha value is -3.47. The molecule has 3 aromatic rings. The molecule has 3 aromatic carbocycles. The molecule has 5 heteroatoms. The number of carbonyl (C=O) groups excluding carboxylic acids is 2. The van der Waals surface area contributed by atoms with Gasteiger partial charge in [-0.3, -0.25) is 9.59 Å². The molecule has 28 heavy (non-hydrogen) atoms. The minimum Gasteiger partial charge on any atom is -0.368 e. The Labute approximate surface area is 162 Å². The van der Waals surface area contributed by atoms with E-state index in [0.717, 1.165) is 27.8 Å². The number of nitrogens with zero attached hydrogens (tertiary/aromatic N) is 1. The minimum absolute atomic E-state index is 0.0926. The maximum Gasteiger partial charge on any atom is 0.254 e. The number of benzene rings is 3. The van der Waals surface area contributed by atoms with Gasteiger partial charge in [-0.2, -0.15) is 0 Å². The van der Waals surface area contributed by atoms with Gasteiger partial charge >= 0.3 is 0 Å². The molecule has 0 fully saturated rings. The molecule has 1 aliphatic heterocycles. The van der Waals surface area contributed by atoms with Crippen LogP contribution in [0, 0.1) is 12.7 Å². The molecule has 2 N–H and O–H groups in total. The van der Waals surface area contributed by atoms with Crippen molar-refractivity contribution in [3.63, 3.8) is 0 Å². The van der Waals surface area contributed by atoms with Gasteiger partial charge in [-0.25, -0.2) is 4.39 Å².